The summed E-state index contributed by atoms with van der Waals surface area (Å²) in [6.45, 7) is 2.38. The first kappa shape index (κ1) is 16.8. The number of nitrogens with one attached hydrogen (secondary N) is 1. The first-order valence-electron chi connectivity index (χ1n) is 7.24. The summed E-state index contributed by atoms with van der Waals surface area (Å²) in [4.78, 5) is 13.4. The maximum absolute atomic E-state index is 12.6. The molecule has 1 saturated heterocycles. The monoisotopic (exact) mass is 326 g/mol. The van der Waals surface area contributed by atoms with E-state index in [1.807, 2.05) is 6.92 Å². The minimum absolute atomic E-state index is 0.0508. The number of amides is 1. The predicted octanol–water partition coefficient (Wildman–Crippen LogP) is 1.29. The van der Waals surface area contributed by atoms with Crippen LogP contribution in [0.15, 0.2) is 23.1 Å². The van der Waals surface area contributed by atoms with Crippen molar-refractivity contribution in [1.29, 1.82) is 0 Å². The topological polar surface area (TPSA) is 75.7 Å². The molecule has 0 radical (unpaired) electrons. The standard InChI is InChI=1S/C15H22N2O4S/c1-11-4-6-13(21-3)14(10-11)22(19,20)16-12-5-7-15(18)17(2)9-8-12/h4,6,10,12,16H,5,7-9H2,1-3H3. The molecule has 122 valence electrons. The molecule has 2 rings (SSSR count). The van der Waals surface area contributed by atoms with Gasteiger partial charge in [0, 0.05) is 26.1 Å². The molecule has 1 aliphatic rings. The molecular weight excluding hydrogens is 304 g/mol. The Morgan fingerprint density at radius 2 is 2.05 bits per heavy atom. The van der Waals surface area contributed by atoms with Crippen LogP contribution in [0.1, 0.15) is 24.8 Å². The van der Waals surface area contributed by atoms with Gasteiger partial charge in [0.15, 0.2) is 0 Å². The lowest BCUT2D eigenvalue weighted by molar-refractivity contribution is -0.129. The second-order valence-corrected chi connectivity index (χ2v) is 7.30. The molecule has 1 amide bonds. The number of methoxy groups -OCH3 is 1. The highest BCUT2D eigenvalue weighted by atomic mass is 32.2. The lowest BCUT2D eigenvalue weighted by atomic mass is 10.1. The highest BCUT2D eigenvalue weighted by Gasteiger charge is 2.26. The van der Waals surface area contributed by atoms with Crippen LogP contribution in [0.5, 0.6) is 5.75 Å². The second kappa shape index (κ2) is 6.66. The quantitative estimate of drug-likeness (QED) is 0.905. The van der Waals surface area contributed by atoms with Gasteiger partial charge in [0.25, 0.3) is 0 Å². The number of likely N-dealkylation sites (tertiary alicyclic amines) is 1. The Balaban J connectivity index is 2.21. The van der Waals surface area contributed by atoms with E-state index in [-0.39, 0.29) is 16.8 Å². The van der Waals surface area contributed by atoms with Crippen molar-refractivity contribution in [3.8, 4) is 5.75 Å². The molecule has 0 saturated carbocycles. The van der Waals surface area contributed by atoms with E-state index < -0.39 is 10.0 Å². The SMILES string of the molecule is COc1ccc(C)cc1S(=O)(=O)NC1CCC(=O)N(C)CC1. The Labute approximate surface area is 131 Å². The maximum Gasteiger partial charge on any atom is 0.244 e. The van der Waals surface area contributed by atoms with Crippen molar-refractivity contribution in [3.05, 3.63) is 23.8 Å². The molecule has 0 aromatic heterocycles. The Hall–Kier alpha value is -1.60. The molecule has 22 heavy (non-hydrogen) atoms. The summed E-state index contributed by atoms with van der Waals surface area (Å²) in [6.07, 6.45) is 1.47. The predicted molar refractivity (Wildman–Crippen MR) is 83.3 cm³/mol. The van der Waals surface area contributed by atoms with Gasteiger partial charge < -0.3 is 9.64 Å². The van der Waals surface area contributed by atoms with E-state index in [0.717, 1.165) is 5.56 Å². The summed E-state index contributed by atoms with van der Waals surface area (Å²) >= 11 is 0. The minimum atomic E-state index is -3.68. The van der Waals surface area contributed by atoms with Crippen LogP contribution in [0.4, 0.5) is 0 Å². The molecule has 1 unspecified atom stereocenters. The van der Waals surface area contributed by atoms with Gasteiger partial charge in [-0.1, -0.05) is 6.07 Å². The van der Waals surface area contributed by atoms with Gasteiger partial charge in [-0.2, -0.15) is 0 Å². The third kappa shape index (κ3) is 3.78. The molecule has 7 heteroatoms. The third-order valence-electron chi connectivity index (χ3n) is 3.88. The fraction of sp³-hybridized carbons (Fsp3) is 0.533. The van der Waals surface area contributed by atoms with Crippen molar-refractivity contribution in [1.82, 2.24) is 9.62 Å². The van der Waals surface area contributed by atoms with Crippen molar-refractivity contribution in [3.63, 3.8) is 0 Å². The molecular formula is C15H22N2O4S. The minimum Gasteiger partial charge on any atom is -0.495 e. The second-order valence-electron chi connectivity index (χ2n) is 5.62. The Morgan fingerprint density at radius 3 is 2.73 bits per heavy atom. The number of hydrogen-bond donors (Lipinski definition) is 1. The van der Waals surface area contributed by atoms with E-state index in [1.165, 1.54) is 7.11 Å². The molecule has 6 nitrogen and oxygen atoms in total. The van der Waals surface area contributed by atoms with Gasteiger partial charge in [0.2, 0.25) is 15.9 Å². The lowest BCUT2D eigenvalue weighted by Crippen LogP contribution is -2.35. The molecule has 1 atom stereocenters. The van der Waals surface area contributed by atoms with Crippen molar-refractivity contribution < 1.29 is 17.9 Å². The van der Waals surface area contributed by atoms with Gasteiger partial charge >= 0.3 is 0 Å². The Morgan fingerprint density at radius 1 is 1.32 bits per heavy atom. The zero-order valence-corrected chi connectivity index (χ0v) is 13.9. The smallest absolute Gasteiger partial charge is 0.244 e. The fourth-order valence-electron chi connectivity index (χ4n) is 2.50. The van der Waals surface area contributed by atoms with Crippen LogP contribution in [0, 0.1) is 6.92 Å². The van der Waals surface area contributed by atoms with E-state index >= 15 is 0 Å². The Kier molecular flexibility index (Phi) is 5.08. The normalized spacial score (nSPS) is 19.9. The molecule has 0 aliphatic carbocycles. The molecule has 1 heterocycles. The highest BCUT2D eigenvalue weighted by molar-refractivity contribution is 7.89. The van der Waals surface area contributed by atoms with Crippen LogP contribution in [-0.2, 0) is 14.8 Å². The number of hydrogen-bond acceptors (Lipinski definition) is 4. The number of aryl methyl sites for hydroxylation is 1. The molecule has 1 N–H and O–H groups in total. The van der Waals surface area contributed by atoms with Crippen LogP contribution in [0.3, 0.4) is 0 Å². The largest absolute Gasteiger partial charge is 0.495 e. The summed E-state index contributed by atoms with van der Waals surface area (Å²) in [5.74, 6) is 0.370. The van der Waals surface area contributed by atoms with Gasteiger partial charge in [-0.05, 0) is 37.5 Å². The van der Waals surface area contributed by atoms with Crippen molar-refractivity contribution in [2.24, 2.45) is 0 Å². The Bertz CT molecular complexity index is 658. The number of sulfonamides is 1. The van der Waals surface area contributed by atoms with Crippen LogP contribution in [-0.4, -0.2) is 46.0 Å². The molecule has 1 fully saturated rings. The van der Waals surface area contributed by atoms with E-state index in [2.05, 4.69) is 4.72 Å². The van der Waals surface area contributed by atoms with Gasteiger partial charge in [-0.25, -0.2) is 13.1 Å². The summed E-state index contributed by atoms with van der Waals surface area (Å²) in [7, 11) is -0.495. The summed E-state index contributed by atoms with van der Waals surface area (Å²) in [6, 6.07) is 4.80. The number of carbonyl (C=O) groups is 1. The van der Waals surface area contributed by atoms with Crippen LogP contribution >= 0.6 is 0 Å². The van der Waals surface area contributed by atoms with Crippen molar-refractivity contribution in [2.45, 2.75) is 37.1 Å². The van der Waals surface area contributed by atoms with Gasteiger partial charge in [0.05, 0.1) is 7.11 Å². The molecule has 1 aromatic carbocycles. The van der Waals surface area contributed by atoms with Crippen LogP contribution in [0.25, 0.3) is 0 Å². The maximum atomic E-state index is 12.6. The van der Waals surface area contributed by atoms with Crippen molar-refractivity contribution >= 4 is 15.9 Å². The number of benzene rings is 1. The zero-order valence-electron chi connectivity index (χ0n) is 13.1. The molecule has 1 aliphatic heterocycles. The fourth-order valence-corrected chi connectivity index (χ4v) is 4.06. The highest BCUT2D eigenvalue weighted by Crippen LogP contribution is 2.25. The number of nitrogens with zero attached hydrogens (tertiary/aromatic N) is 1. The summed E-state index contributed by atoms with van der Waals surface area (Å²) < 4.78 is 33.1. The van der Waals surface area contributed by atoms with Crippen LogP contribution < -0.4 is 9.46 Å². The van der Waals surface area contributed by atoms with Gasteiger partial charge in [-0.3, -0.25) is 4.79 Å². The van der Waals surface area contributed by atoms with E-state index in [1.54, 1.807) is 30.1 Å². The molecule has 0 spiro atoms. The van der Waals surface area contributed by atoms with Crippen molar-refractivity contribution in [2.75, 3.05) is 20.7 Å². The average molecular weight is 326 g/mol. The molecule has 1 aromatic rings. The lowest BCUT2D eigenvalue weighted by Gasteiger charge is -2.18. The third-order valence-corrected chi connectivity index (χ3v) is 5.42. The number of ether oxygens (including phenoxy) is 1. The first-order chi connectivity index (χ1) is 10.3. The van der Waals surface area contributed by atoms with Gasteiger partial charge in [-0.15, -0.1) is 0 Å². The van der Waals surface area contributed by atoms with E-state index in [9.17, 15) is 13.2 Å². The molecule has 0 bridgehead atoms. The average Bonchev–Trinajstić information content (AvgIpc) is 2.62. The van der Waals surface area contributed by atoms with Gasteiger partial charge in [0.1, 0.15) is 10.6 Å². The summed E-state index contributed by atoms with van der Waals surface area (Å²) in [5.41, 5.74) is 0.844. The number of rotatable bonds is 4. The van der Waals surface area contributed by atoms with E-state index in [4.69, 9.17) is 4.74 Å². The zero-order chi connectivity index (χ0) is 16.3. The van der Waals surface area contributed by atoms with Crippen LogP contribution in [0.2, 0.25) is 0 Å². The summed E-state index contributed by atoms with van der Waals surface area (Å²) in [5, 5.41) is 0. The number of carbonyl (C=O) groups excluding carboxylic acids is 1. The van der Waals surface area contributed by atoms with E-state index in [0.29, 0.717) is 31.6 Å². The first-order valence-corrected chi connectivity index (χ1v) is 8.73.